The number of anilines is 1. The highest BCUT2D eigenvalue weighted by molar-refractivity contribution is 6.53. The second-order valence-electron chi connectivity index (χ2n) is 8.46. The Morgan fingerprint density at radius 3 is 2.06 bits per heavy atom. The van der Waals surface area contributed by atoms with E-state index in [9.17, 15) is 14.4 Å². The van der Waals surface area contributed by atoms with Gasteiger partial charge in [0.05, 0.1) is 16.9 Å². The molecule has 7 nitrogen and oxygen atoms in total. The van der Waals surface area contributed by atoms with Gasteiger partial charge in [-0.3, -0.25) is 19.5 Å². The first-order valence-electron chi connectivity index (χ1n) is 11.1. The van der Waals surface area contributed by atoms with Crippen LogP contribution in [0.5, 0.6) is 0 Å². The number of pyridine rings is 1. The number of nitrogens with zero attached hydrogens (tertiary/aromatic N) is 3. The first-order chi connectivity index (χ1) is 16.9. The number of imide groups is 1. The molecule has 0 radical (unpaired) electrons. The molecular weight excluding hydrogens is 464 g/mol. The molecule has 2 amide bonds. The summed E-state index contributed by atoms with van der Waals surface area (Å²) < 4.78 is 2.96. The van der Waals surface area contributed by atoms with E-state index in [2.05, 4.69) is 5.10 Å². The maximum atomic E-state index is 13.9. The van der Waals surface area contributed by atoms with Crippen molar-refractivity contribution in [1.29, 1.82) is 0 Å². The lowest BCUT2D eigenvalue weighted by atomic mass is 9.98. The minimum absolute atomic E-state index is 0.0627. The Labute approximate surface area is 206 Å². The van der Waals surface area contributed by atoms with Gasteiger partial charge in [-0.25, -0.2) is 9.58 Å². The van der Waals surface area contributed by atoms with Gasteiger partial charge in [-0.05, 0) is 42.3 Å². The summed E-state index contributed by atoms with van der Waals surface area (Å²) in [4.78, 5) is 42.5. The molecule has 0 fully saturated rings. The molecule has 2 aromatic carbocycles. The smallest absolute Gasteiger partial charge is 0.294 e. The molecule has 1 N–H and O–H groups in total. The third-order valence-electron chi connectivity index (χ3n) is 5.88. The SMILES string of the molecule is CC(C)c1[nH]n(-c2ccc(Cl)cc2)c(=O)c1C1=C([n+]2ccccc2)C(=O)N(c2ccccc2)C1=O. The van der Waals surface area contributed by atoms with Crippen LogP contribution in [0.1, 0.15) is 31.0 Å². The van der Waals surface area contributed by atoms with E-state index in [4.69, 9.17) is 11.6 Å². The number of hydrogen-bond acceptors (Lipinski definition) is 3. The summed E-state index contributed by atoms with van der Waals surface area (Å²) in [5.74, 6) is -1.18. The molecule has 1 aliphatic rings. The zero-order valence-electron chi connectivity index (χ0n) is 19.1. The minimum Gasteiger partial charge on any atom is -0.294 e. The average molecular weight is 486 g/mol. The number of benzene rings is 2. The fourth-order valence-corrected chi connectivity index (χ4v) is 4.35. The fraction of sp³-hybridized carbons (Fsp3) is 0.111. The molecule has 0 saturated heterocycles. The van der Waals surface area contributed by atoms with Crippen LogP contribution in [0, 0.1) is 0 Å². The lowest BCUT2D eigenvalue weighted by Gasteiger charge is -2.13. The molecule has 2 aromatic heterocycles. The number of carbonyl (C=O) groups is 2. The lowest BCUT2D eigenvalue weighted by Crippen LogP contribution is -2.39. The van der Waals surface area contributed by atoms with E-state index in [0.29, 0.717) is 22.1 Å². The molecule has 0 aliphatic carbocycles. The van der Waals surface area contributed by atoms with E-state index >= 15 is 0 Å². The van der Waals surface area contributed by atoms with E-state index in [0.717, 1.165) is 4.90 Å². The van der Waals surface area contributed by atoms with Crippen molar-refractivity contribution >= 4 is 40.4 Å². The van der Waals surface area contributed by atoms with Gasteiger partial charge in [-0.2, -0.15) is 4.57 Å². The topological polar surface area (TPSA) is 79.1 Å². The van der Waals surface area contributed by atoms with Gasteiger partial charge in [-0.1, -0.05) is 49.7 Å². The largest absolute Gasteiger partial charge is 0.331 e. The maximum absolute atomic E-state index is 13.9. The van der Waals surface area contributed by atoms with Crippen molar-refractivity contribution in [1.82, 2.24) is 9.78 Å². The number of aromatic amines is 1. The van der Waals surface area contributed by atoms with E-state index in [-0.39, 0.29) is 22.8 Å². The predicted octanol–water partition coefficient (Wildman–Crippen LogP) is 4.17. The number of hydrogen-bond donors (Lipinski definition) is 1. The average Bonchev–Trinajstić information content (AvgIpc) is 3.33. The Morgan fingerprint density at radius 1 is 0.800 bits per heavy atom. The van der Waals surface area contributed by atoms with E-state index < -0.39 is 17.4 Å². The van der Waals surface area contributed by atoms with Crippen LogP contribution in [0.3, 0.4) is 0 Å². The quantitative estimate of drug-likeness (QED) is 0.340. The Hall–Kier alpha value is -4.23. The molecule has 5 rings (SSSR count). The zero-order chi connectivity index (χ0) is 24.7. The Balaban J connectivity index is 1.79. The molecule has 0 bridgehead atoms. The molecular formula is C27H22ClN4O3+. The third kappa shape index (κ3) is 3.80. The van der Waals surface area contributed by atoms with Crippen molar-refractivity contribution in [2.45, 2.75) is 19.8 Å². The maximum Gasteiger partial charge on any atom is 0.331 e. The first kappa shape index (κ1) is 22.6. The van der Waals surface area contributed by atoms with Crippen LogP contribution >= 0.6 is 11.6 Å². The fourth-order valence-electron chi connectivity index (χ4n) is 4.23. The number of amides is 2. The number of carbonyl (C=O) groups excluding carboxylic acids is 2. The number of rotatable bonds is 5. The van der Waals surface area contributed by atoms with Crippen molar-refractivity contribution in [3.05, 3.63) is 112 Å². The summed E-state index contributed by atoms with van der Waals surface area (Å²) in [6.07, 6.45) is 3.38. The van der Waals surface area contributed by atoms with Crippen LogP contribution in [0.2, 0.25) is 5.02 Å². The van der Waals surface area contributed by atoms with Crippen LogP contribution in [0.4, 0.5) is 5.69 Å². The van der Waals surface area contributed by atoms with Gasteiger partial charge < -0.3 is 0 Å². The molecule has 35 heavy (non-hydrogen) atoms. The van der Waals surface area contributed by atoms with Gasteiger partial charge in [0.1, 0.15) is 5.57 Å². The summed E-state index contributed by atoms with van der Waals surface area (Å²) in [5.41, 5.74) is 1.51. The van der Waals surface area contributed by atoms with E-state index in [1.165, 1.54) is 4.68 Å². The molecule has 1 aliphatic heterocycles. The molecule has 4 aromatic rings. The molecule has 0 spiro atoms. The van der Waals surface area contributed by atoms with Crippen molar-refractivity contribution < 1.29 is 14.2 Å². The number of halogens is 1. The van der Waals surface area contributed by atoms with Crippen molar-refractivity contribution in [2.24, 2.45) is 0 Å². The van der Waals surface area contributed by atoms with Crippen molar-refractivity contribution in [3.63, 3.8) is 0 Å². The highest BCUT2D eigenvalue weighted by Crippen LogP contribution is 2.34. The molecule has 0 atom stereocenters. The minimum atomic E-state index is -0.547. The second-order valence-corrected chi connectivity index (χ2v) is 8.90. The highest BCUT2D eigenvalue weighted by atomic mass is 35.5. The number of aromatic nitrogens is 3. The highest BCUT2D eigenvalue weighted by Gasteiger charge is 2.48. The molecule has 0 unspecified atom stereocenters. The molecule has 8 heteroatoms. The van der Waals surface area contributed by atoms with Gasteiger partial charge >= 0.3 is 5.91 Å². The molecule has 3 heterocycles. The van der Waals surface area contributed by atoms with Gasteiger partial charge in [-0.15, -0.1) is 0 Å². The van der Waals surface area contributed by atoms with E-state index in [1.807, 2.05) is 26.0 Å². The van der Waals surface area contributed by atoms with Crippen LogP contribution < -0.4 is 15.0 Å². The second kappa shape index (κ2) is 8.85. The Kier molecular flexibility index (Phi) is 5.70. The van der Waals surface area contributed by atoms with Crippen LogP contribution in [0.15, 0.2) is 90.0 Å². The van der Waals surface area contributed by atoms with Crippen molar-refractivity contribution in [3.8, 4) is 5.69 Å². The van der Waals surface area contributed by atoms with E-state index in [1.54, 1.807) is 77.6 Å². The zero-order valence-corrected chi connectivity index (χ0v) is 19.9. The normalized spacial score (nSPS) is 13.9. The summed E-state index contributed by atoms with van der Waals surface area (Å²) >= 11 is 6.03. The number of H-pyrrole nitrogens is 1. The predicted molar refractivity (Wildman–Crippen MR) is 134 cm³/mol. The van der Waals surface area contributed by atoms with Crippen LogP contribution in [-0.2, 0) is 9.59 Å². The molecule has 0 saturated carbocycles. The van der Waals surface area contributed by atoms with Crippen LogP contribution in [-0.4, -0.2) is 21.6 Å². The summed E-state index contributed by atoms with van der Waals surface area (Å²) in [7, 11) is 0. The number of para-hydroxylation sites is 1. The summed E-state index contributed by atoms with van der Waals surface area (Å²) in [5, 5.41) is 3.70. The van der Waals surface area contributed by atoms with Crippen molar-refractivity contribution in [2.75, 3.05) is 4.90 Å². The summed E-state index contributed by atoms with van der Waals surface area (Å²) in [6, 6.07) is 20.9. The van der Waals surface area contributed by atoms with Gasteiger partial charge in [0.25, 0.3) is 17.2 Å². The first-order valence-corrected chi connectivity index (χ1v) is 11.5. The van der Waals surface area contributed by atoms with Crippen LogP contribution in [0.25, 0.3) is 17.0 Å². The number of nitrogens with one attached hydrogen (secondary N) is 1. The molecule has 174 valence electrons. The Bertz CT molecular complexity index is 1520. The lowest BCUT2D eigenvalue weighted by molar-refractivity contribution is -0.576. The van der Waals surface area contributed by atoms with Gasteiger partial charge in [0.15, 0.2) is 12.4 Å². The van der Waals surface area contributed by atoms with Gasteiger partial charge in [0.2, 0.25) is 0 Å². The monoisotopic (exact) mass is 485 g/mol. The standard InChI is InChI=1S/C27H21ClN4O3/c1-17(2)23-21(26(34)32(29-23)20-13-11-18(28)12-14-20)22-24(30-15-7-4-8-16-30)27(35)31(25(22)33)19-9-5-3-6-10-19/h3-17H,1-2H3/p+1. The Morgan fingerprint density at radius 2 is 1.43 bits per heavy atom. The third-order valence-corrected chi connectivity index (χ3v) is 6.13. The van der Waals surface area contributed by atoms with Gasteiger partial charge in [0, 0.05) is 22.8 Å². The summed E-state index contributed by atoms with van der Waals surface area (Å²) in [6.45, 7) is 3.85.